The molecule has 3 N–H and O–H groups in total. The van der Waals surface area contributed by atoms with Crippen molar-refractivity contribution in [2.75, 3.05) is 6.61 Å². The van der Waals surface area contributed by atoms with Gasteiger partial charge in [0.05, 0.1) is 0 Å². The van der Waals surface area contributed by atoms with Crippen LogP contribution in [-0.4, -0.2) is 23.7 Å². The molecule has 1 rings (SSSR count). The van der Waals surface area contributed by atoms with E-state index < -0.39 is 18.4 Å². The van der Waals surface area contributed by atoms with Gasteiger partial charge in [-0.15, -0.1) is 0 Å². The van der Waals surface area contributed by atoms with E-state index in [4.69, 9.17) is 10.8 Å². The summed E-state index contributed by atoms with van der Waals surface area (Å²) in [5, 5.41) is 8.57. The molecule has 0 spiro atoms. The fourth-order valence-corrected chi connectivity index (χ4v) is 1.78. The number of hydrogen-bond acceptors (Lipinski definition) is 2. The topological polar surface area (TPSA) is 46.2 Å². The molecule has 0 aromatic carbocycles. The minimum Gasteiger partial charge on any atom is -0.390 e. The van der Waals surface area contributed by atoms with Crippen LogP contribution in [0.15, 0.2) is 12.2 Å². The lowest BCUT2D eigenvalue weighted by atomic mass is 9.80. The highest BCUT2D eigenvalue weighted by atomic mass is 19.3. The van der Waals surface area contributed by atoms with Crippen LogP contribution in [0.25, 0.3) is 0 Å². The summed E-state index contributed by atoms with van der Waals surface area (Å²) in [6, 6.07) is -0.108. The van der Waals surface area contributed by atoms with Crippen LogP contribution >= 0.6 is 0 Å². The molecular weight excluding hydrogens is 188 g/mol. The third-order valence-corrected chi connectivity index (χ3v) is 2.84. The molecule has 0 aromatic rings. The molecule has 0 fully saturated rings. The van der Waals surface area contributed by atoms with Crippen molar-refractivity contribution >= 4 is 0 Å². The Morgan fingerprint density at radius 1 is 1.64 bits per heavy atom. The minimum atomic E-state index is -2.97. The van der Waals surface area contributed by atoms with Crippen LogP contribution in [0.4, 0.5) is 8.78 Å². The first-order valence-electron chi connectivity index (χ1n) is 4.88. The molecule has 3 unspecified atom stereocenters. The Bertz CT molecular complexity index is 216. The molecule has 0 amide bonds. The van der Waals surface area contributed by atoms with Crippen LogP contribution in [0.5, 0.6) is 0 Å². The molecule has 0 aromatic heterocycles. The average molecular weight is 205 g/mol. The molecule has 3 atom stereocenters. The van der Waals surface area contributed by atoms with Crippen molar-refractivity contribution in [3.63, 3.8) is 0 Å². The molecular formula is C10H17F2NO. The number of rotatable bonds is 3. The number of nitrogens with two attached hydrogens (primary N) is 1. The maximum atomic E-state index is 13.2. The molecule has 14 heavy (non-hydrogen) atoms. The highest BCUT2D eigenvalue weighted by Crippen LogP contribution is 2.36. The monoisotopic (exact) mass is 205 g/mol. The molecule has 2 nitrogen and oxygen atoms in total. The number of halogens is 2. The third-order valence-electron chi connectivity index (χ3n) is 2.84. The van der Waals surface area contributed by atoms with Crippen LogP contribution in [-0.2, 0) is 0 Å². The Kier molecular flexibility index (Phi) is 3.61. The van der Waals surface area contributed by atoms with Crippen molar-refractivity contribution in [2.45, 2.75) is 31.7 Å². The molecule has 82 valence electrons. The molecule has 0 bridgehead atoms. The van der Waals surface area contributed by atoms with Crippen LogP contribution in [0.3, 0.4) is 0 Å². The van der Waals surface area contributed by atoms with Crippen molar-refractivity contribution in [3.8, 4) is 0 Å². The smallest absolute Gasteiger partial charge is 0.273 e. The lowest BCUT2D eigenvalue weighted by Gasteiger charge is -2.31. The molecule has 1 aliphatic carbocycles. The lowest BCUT2D eigenvalue weighted by Crippen LogP contribution is -2.38. The van der Waals surface area contributed by atoms with Gasteiger partial charge in [-0.1, -0.05) is 12.2 Å². The SMILES string of the molecule is CC(N)C1C=CCC(C(F)(F)CO)C1. The Morgan fingerprint density at radius 3 is 2.79 bits per heavy atom. The minimum absolute atomic E-state index is 0.00572. The molecule has 1 aliphatic rings. The maximum absolute atomic E-state index is 13.2. The van der Waals surface area contributed by atoms with Gasteiger partial charge in [0.15, 0.2) is 0 Å². The lowest BCUT2D eigenvalue weighted by molar-refractivity contribution is -0.103. The van der Waals surface area contributed by atoms with Gasteiger partial charge < -0.3 is 10.8 Å². The fraction of sp³-hybridized carbons (Fsp3) is 0.800. The second-order valence-electron chi connectivity index (χ2n) is 4.04. The number of hydrogen-bond donors (Lipinski definition) is 2. The van der Waals surface area contributed by atoms with E-state index in [2.05, 4.69) is 0 Å². The predicted octanol–water partition coefficient (Wildman–Crippen LogP) is 1.54. The number of aliphatic hydroxyl groups is 1. The van der Waals surface area contributed by atoms with Gasteiger partial charge in [-0.3, -0.25) is 0 Å². The standard InChI is InChI=1S/C10H17F2NO/c1-7(13)8-3-2-4-9(5-8)10(11,12)6-14/h2-3,7-9,14H,4-6,13H2,1H3. The number of allylic oxidation sites excluding steroid dienone is 1. The summed E-state index contributed by atoms with van der Waals surface area (Å²) in [5.41, 5.74) is 5.66. The Morgan fingerprint density at radius 2 is 2.29 bits per heavy atom. The average Bonchev–Trinajstić information content (AvgIpc) is 2.18. The van der Waals surface area contributed by atoms with Crippen molar-refractivity contribution < 1.29 is 13.9 Å². The largest absolute Gasteiger partial charge is 0.390 e. The van der Waals surface area contributed by atoms with Crippen LogP contribution in [0.1, 0.15) is 19.8 Å². The molecule has 0 saturated heterocycles. The first kappa shape index (κ1) is 11.6. The summed E-state index contributed by atoms with van der Waals surface area (Å²) in [6.07, 6.45) is 4.33. The van der Waals surface area contributed by atoms with E-state index in [1.165, 1.54) is 0 Å². The van der Waals surface area contributed by atoms with E-state index in [-0.39, 0.29) is 12.0 Å². The molecule has 0 heterocycles. The summed E-state index contributed by atoms with van der Waals surface area (Å²) < 4.78 is 26.3. The first-order chi connectivity index (χ1) is 6.47. The second-order valence-corrected chi connectivity index (χ2v) is 4.04. The number of alkyl halides is 2. The van der Waals surface area contributed by atoms with Gasteiger partial charge in [-0.2, -0.15) is 0 Å². The van der Waals surface area contributed by atoms with Crippen molar-refractivity contribution in [3.05, 3.63) is 12.2 Å². The molecule has 0 aliphatic heterocycles. The second kappa shape index (κ2) is 4.36. The summed E-state index contributed by atoms with van der Waals surface area (Å²) in [6.45, 7) is 0.742. The normalized spacial score (nSPS) is 30.4. The van der Waals surface area contributed by atoms with E-state index in [0.29, 0.717) is 12.8 Å². The number of aliphatic hydroxyl groups excluding tert-OH is 1. The van der Waals surface area contributed by atoms with Crippen molar-refractivity contribution in [2.24, 2.45) is 17.6 Å². The van der Waals surface area contributed by atoms with Gasteiger partial charge in [-0.25, -0.2) is 8.78 Å². The van der Waals surface area contributed by atoms with Crippen molar-refractivity contribution in [1.82, 2.24) is 0 Å². The van der Waals surface area contributed by atoms with Crippen LogP contribution in [0, 0.1) is 11.8 Å². The first-order valence-corrected chi connectivity index (χ1v) is 4.88. The summed E-state index contributed by atoms with van der Waals surface area (Å²) in [7, 11) is 0. The van der Waals surface area contributed by atoms with Gasteiger partial charge in [0.1, 0.15) is 6.61 Å². The summed E-state index contributed by atoms with van der Waals surface area (Å²) in [4.78, 5) is 0. The third kappa shape index (κ3) is 2.51. The van der Waals surface area contributed by atoms with Gasteiger partial charge >= 0.3 is 0 Å². The molecule has 4 heteroatoms. The zero-order chi connectivity index (χ0) is 10.8. The fourth-order valence-electron chi connectivity index (χ4n) is 1.78. The zero-order valence-electron chi connectivity index (χ0n) is 8.29. The highest BCUT2D eigenvalue weighted by molar-refractivity contribution is 5.01. The quantitative estimate of drug-likeness (QED) is 0.686. The van der Waals surface area contributed by atoms with E-state index in [1.54, 1.807) is 6.08 Å². The zero-order valence-corrected chi connectivity index (χ0v) is 8.29. The van der Waals surface area contributed by atoms with Gasteiger partial charge in [-0.05, 0) is 25.7 Å². The Hall–Kier alpha value is -0.480. The summed E-state index contributed by atoms with van der Waals surface area (Å²) >= 11 is 0. The van der Waals surface area contributed by atoms with E-state index in [0.717, 1.165) is 0 Å². The molecule has 0 radical (unpaired) electrons. The maximum Gasteiger partial charge on any atom is 0.273 e. The van der Waals surface area contributed by atoms with Gasteiger partial charge in [0.2, 0.25) is 0 Å². The summed E-state index contributed by atoms with van der Waals surface area (Å²) in [5.74, 6) is -3.74. The van der Waals surface area contributed by atoms with Crippen LogP contribution < -0.4 is 5.73 Å². The van der Waals surface area contributed by atoms with E-state index >= 15 is 0 Å². The van der Waals surface area contributed by atoms with Crippen LogP contribution in [0.2, 0.25) is 0 Å². The van der Waals surface area contributed by atoms with Gasteiger partial charge in [0.25, 0.3) is 5.92 Å². The Labute approximate surface area is 82.8 Å². The van der Waals surface area contributed by atoms with Crippen molar-refractivity contribution in [1.29, 1.82) is 0 Å². The Balaban J connectivity index is 2.64. The van der Waals surface area contributed by atoms with Gasteiger partial charge in [0, 0.05) is 12.0 Å². The highest BCUT2D eigenvalue weighted by Gasteiger charge is 2.40. The van der Waals surface area contributed by atoms with E-state index in [9.17, 15) is 8.78 Å². The predicted molar refractivity (Wildman–Crippen MR) is 51.0 cm³/mol. The molecule has 0 saturated carbocycles. The van der Waals surface area contributed by atoms with E-state index in [1.807, 2.05) is 13.0 Å².